The van der Waals surface area contributed by atoms with Gasteiger partial charge in [0.2, 0.25) is 0 Å². The van der Waals surface area contributed by atoms with E-state index in [1.165, 1.54) is 12.1 Å². The molecule has 1 nitrogen and oxygen atoms in total. The van der Waals surface area contributed by atoms with Gasteiger partial charge in [-0.2, -0.15) is 0 Å². The Morgan fingerprint density at radius 3 is 2.30 bits per heavy atom. The van der Waals surface area contributed by atoms with Crippen LogP contribution in [0.15, 0.2) is 60.7 Å². The number of hydrogen-bond acceptors (Lipinski definition) is 1. The van der Waals surface area contributed by atoms with Gasteiger partial charge >= 0.3 is 0 Å². The summed E-state index contributed by atoms with van der Waals surface area (Å²) >= 11 is 0. The molecule has 0 heterocycles. The fraction of sp³-hybridized carbons (Fsp3) is 0.167. The van der Waals surface area contributed by atoms with Crippen molar-refractivity contribution in [1.82, 2.24) is 0 Å². The van der Waals surface area contributed by atoms with E-state index in [0.29, 0.717) is 0 Å². The molecule has 102 valence electrons. The minimum Gasteiger partial charge on any atom is -0.302 e. The van der Waals surface area contributed by atoms with E-state index in [0.717, 1.165) is 29.4 Å². The molecule has 0 saturated heterocycles. The van der Waals surface area contributed by atoms with Crippen LogP contribution in [0, 0.1) is 5.82 Å². The lowest BCUT2D eigenvalue weighted by molar-refractivity contribution is -0.108. The average Bonchev–Trinajstić information content (AvgIpc) is 2.51. The van der Waals surface area contributed by atoms with Gasteiger partial charge in [-0.3, -0.25) is 0 Å². The van der Waals surface area contributed by atoms with Gasteiger partial charge in [-0.1, -0.05) is 55.5 Å². The maximum absolute atomic E-state index is 13.0. The summed E-state index contributed by atoms with van der Waals surface area (Å²) in [6.45, 7) is 2.03. The van der Waals surface area contributed by atoms with Crippen LogP contribution in [0.2, 0.25) is 0 Å². The van der Waals surface area contributed by atoms with Gasteiger partial charge in [-0.05, 0) is 35.3 Å². The van der Waals surface area contributed by atoms with E-state index in [4.69, 9.17) is 0 Å². The summed E-state index contributed by atoms with van der Waals surface area (Å²) < 4.78 is 13.0. The molecule has 0 radical (unpaired) electrons. The van der Waals surface area contributed by atoms with Crippen molar-refractivity contribution < 1.29 is 9.18 Å². The van der Waals surface area contributed by atoms with Crippen molar-refractivity contribution in [2.75, 3.05) is 0 Å². The summed E-state index contributed by atoms with van der Waals surface area (Å²) in [5, 5.41) is 0. The maximum Gasteiger partial charge on any atom is 0.131 e. The lowest BCUT2D eigenvalue weighted by Gasteiger charge is -2.10. The minimum absolute atomic E-state index is 0.251. The molecule has 0 fully saturated rings. The fourth-order valence-electron chi connectivity index (χ4n) is 2.19. The molecule has 2 heteroatoms. The third-order valence-corrected chi connectivity index (χ3v) is 3.31. The van der Waals surface area contributed by atoms with E-state index in [9.17, 15) is 9.18 Å². The summed E-state index contributed by atoms with van der Waals surface area (Å²) in [5.41, 5.74) is 2.97. The summed E-state index contributed by atoms with van der Waals surface area (Å²) in [6.07, 6.45) is 3.69. The Bertz CT molecular complexity index is 585. The van der Waals surface area contributed by atoms with Gasteiger partial charge in [0, 0.05) is 0 Å². The standard InChI is InChI=1S/C18H17FO/c1-2-14(16-8-10-18(19)11-9-16)12-17(13-20)15-6-4-3-5-7-15/h3-13,17H,2H2,1H3. The van der Waals surface area contributed by atoms with E-state index in [1.54, 1.807) is 12.1 Å². The highest BCUT2D eigenvalue weighted by atomic mass is 19.1. The van der Waals surface area contributed by atoms with Gasteiger partial charge in [-0.15, -0.1) is 0 Å². The van der Waals surface area contributed by atoms with Crippen LogP contribution in [0.3, 0.4) is 0 Å². The van der Waals surface area contributed by atoms with Crippen LogP contribution in [0.5, 0.6) is 0 Å². The zero-order valence-electron chi connectivity index (χ0n) is 11.4. The molecular weight excluding hydrogens is 251 g/mol. The van der Waals surface area contributed by atoms with Crippen LogP contribution in [0.4, 0.5) is 4.39 Å². The highest BCUT2D eigenvalue weighted by Crippen LogP contribution is 2.24. The molecule has 0 bridgehead atoms. The van der Waals surface area contributed by atoms with Gasteiger partial charge < -0.3 is 4.79 Å². The van der Waals surface area contributed by atoms with Crippen molar-refractivity contribution in [2.24, 2.45) is 0 Å². The van der Waals surface area contributed by atoms with Crippen LogP contribution >= 0.6 is 0 Å². The maximum atomic E-state index is 13.0. The van der Waals surface area contributed by atoms with Crippen molar-refractivity contribution in [3.63, 3.8) is 0 Å². The van der Waals surface area contributed by atoms with Crippen LogP contribution in [-0.2, 0) is 4.79 Å². The molecule has 0 N–H and O–H groups in total. The first-order valence-electron chi connectivity index (χ1n) is 6.71. The van der Waals surface area contributed by atoms with Crippen LogP contribution in [-0.4, -0.2) is 6.29 Å². The highest BCUT2D eigenvalue weighted by Gasteiger charge is 2.09. The number of carbonyl (C=O) groups is 1. The average molecular weight is 268 g/mol. The molecule has 20 heavy (non-hydrogen) atoms. The summed E-state index contributed by atoms with van der Waals surface area (Å²) in [6, 6.07) is 16.0. The summed E-state index contributed by atoms with van der Waals surface area (Å²) in [7, 11) is 0. The molecule has 0 aliphatic carbocycles. The third kappa shape index (κ3) is 3.41. The molecule has 0 aliphatic heterocycles. The van der Waals surface area contributed by atoms with Gasteiger partial charge in [0.05, 0.1) is 5.92 Å². The first-order valence-corrected chi connectivity index (χ1v) is 6.71. The Hall–Kier alpha value is -2.22. The first-order chi connectivity index (χ1) is 9.74. The molecule has 2 aromatic rings. The molecule has 2 rings (SSSR count). The second kappa shape index (κ2) is 6.80. The van der Waals surface area contributed by atoms with E-state index in [2.05, 4.69) is 0 Å². The predicted molar refractivity (Wildman–Crippen MR) is 79.9 cm³/mol. The van der Waals surface area contributed by atoms with E-state index in [1.807, 2.05) is 43.3 Å². The smallest absolute Gasteiger partial charge is 0.131 e. The third-order valence-electron chi connectivity index (χ3n) is 3.31. The number of rotatable bonds is 5. The van der Waals surface area contributed by atoms with Crippen LogP contribution in [0.1, 0.15) is 30.4 Å². The lowest BCUT2D eigenvalue weighted by Crippen LogP contribution is -1.98. The number of halogens is 1. The Kier molecular flexibility index (Phi) is 4.83. The summed E-state index contributed by atoms with van der Waals surface area (Å²) in [5.74, 6) is -0.518. The molecule has 0 amide bonds. The molecule has 1 unspecified atom stereocenters. The van der Waals surface area contributed by atoms with Gasteiger partial charge in [0.15, 0.2) is 0 Å². The van der Waals surface area contributed by atoms with Crippen molar-refractivity contribution in [3.8, 4) is 0 Å². The number of benzene rings is 2. The monoisotopic (exact) mass is 268 g/mol. The number of carbonyl (C=O) groups excluding carboxylic acids is 1. The molecule has 0 aliphatic rings. The Morgan fingerprint density at radius 2 is 1.75 bits per heavy atom. The van der Waals surface area contributed by atoms with Gasteiger partial charge in [0.25, 0.3) is 0 Å². The first kappa shape index (κ1) is 14.2. The fourth-order valence-corrected chi connectivity index (χ4v) is 2.19. The minimum atomic E-state index is -0.267. The van der Waals surface area contributed by atoms with Crippen molar-refractivity contribution in [3.05, 3.63) is 77.6 Å². The van der Waals surface area contributed by atoms with E-state index >= 15 is 0 Å². The molecule has 1 atom stereocenters. The number of allylic oxidation sites excluding steroid dienone is 2. The second-order valence-electron chi connectivity index (χ2n) is 4.62. The molecule has 0 saturated carbocycles. The Balaban J connectivity index is 2.34. The lowest BCUT2D eigenvalue weighted by atomic mass is 9.94. The zero-order valence-corrected chi connectivity index (χ0v) is 11.4. The predicted octanol–water partition coefficient (Wildman–Crippen LogP) is 4.60. The Labute approximate surface area is 118 Å². The Morgan fingerprint density at radius 1 is 1.10 bits per heavy atom. The van der Waals surface area contributed by atoms with Crippen molar-refractivity contribution in [2.45, 2.75) is 19.3 Å². The number of aldehydes is 1. The van der Waals surface area contributed by atoms with Crippen molar-refractivity contribution in [1.29, 1.82) is 0 Å². The van der Waals surface area contributed by atoms with Gasteiger partial charge in [0.1, 0.15) is 12.1 Å². The van der Waals surface area contributed by atoms with E-state index < -0.39 is 0 Å². The topological polar surface area (TPSA) is 17.1 Å². The zero-order chi connectivity index (χ0) is 14.4. The van der Waals surface area contributed by atoms with Gasteiger partial charge in [-0.25, -0.2) is 4.39 Å². The largest absolute Gasteiger partial charge is 0.302 e. The SMILES string of the molecule is CCC(=CC(C=O)c1ccccc1)c1ccc(F)cc1. The summed E-state index contributed by atoms with van der Waals surface area (Å²) in [4.78, 5) is 11.3. The van der Waals surface area contributed by atoms with Crippen LogP contribution < -0.4 is 0 Å². The molecule has 0 spiro atoms. The number of hydrogen-bond donors (Lipinski definition) is 0. The normalized spacial score (nSPS) is 13.0. The molecule has 0 aromatic heterocycles. The van der Waals surface area contributed by atoms with Crippen LogP contribution in [0.25, 0.3) is 5.57 Å². The second-order valence-corrected chi connectivity index (χ2v) is 4.62. The quantitative estimate of drug-likeness (QED) is 0.724. The van der Waals surface area contributed by atoms with E-state index in [-0.39, 0.29) is 11.7 Å². The molecule has 2 aromatic carbocycles. The molecular formula is C18H17FO. The highest BCUT2D eigenvalue weighted by molar-refractivity contribution is 5.74. The van der Waals surface area contributed by atoms with Crippen molar-refractivity contribution >= 4 is 11.9 Å².